The molecule has 0 heterocycles. The van der Waals surface area contributed by atoms with E-state index in [1.165, 1.54) is 13.2 Å². The van der Waals surface area contributed by atoms with Gasteiger partial charge in [-0.25, -0.2) is 4.79 Å². The number of benzene rings is 2. The van der Waals surface area contributed by atoms with Crippen LogP contribution in [0, 0.1) is 0 Å². The normalized spacial score (nSPS) is 10.6. The summed E-state index contributed by atoms with van der Waals surface area (Å²) in [4.78, 5) is 11.1. The van der Waals surface area contributed by atoms with Gasteiger partial charge in [0.15, 0.2) is 11.5 Å². The molecule has 4 nitrogen and oxygen atoms in total. The van der Waals surface area contributed by atoms with E-state index in [1.54, 1.807) is 19.3 Å². The molecule has 23 heavy (non-hydrogen) atoms. The number of halogens is 1. The first-order valence-electron chi connectivity index (χ1n) is 6.93. The van der Waals surface area contributed by atoms with E-state index in [1.807, 2.05) is 36.4 Å². The Labute approximate surface area is 143 Å². The fourth-order valence-corrected chi connectivity index (χ4v) is 2.15. The molecule has 2 aromatic carbocycles. The van der Waals surface area contributed by atoms with Crippen molar-refractivity contribution in [1.82, 2.24) is 0 Å². The third-order valence-electron chi connectivity index (χ3n) is 3.11. The van der Waals surface area contributed by atoms with Gasteiger partial charge in [-0.1, -0.05) is 34.1 Å². The Kier molecular flexibility index (Phi) is 6.23. The summed E-state index contributed by atoms with van der Waals surface area (Å²) in [6.45, 7) is 0.445. The van der Waals surface area contributed by atoms with Crippen molar-refractivity contribution < 1.29 is 19.0 Å². The van der Waals surface area contributed by atoms with Crippen LogP contribution in [0.1, 0.15) is 11.1 Å². The van der Waals surface area contributed by atoms with Gasteiger partial charge in [-0.3, -0.25) is 0 Å². The third kappa shape index (κ3) is 5.14. The second-order valence-electron chi connectivity index (χ2n) is 4.68. The Bertz CT molecular complexity index is 693. The van der Waals surface area contributed by atoms with E-state index < -0.39 is 5.97 Å². The van der Waals surface area contributed by atoms with Gasteiger partial charge in [0.1, 0.15) is 6.61 Å². The molecule has 0 aliphatic carbocycles. The van der Waals surface area contributed by atoms with Crippen LogP contribution >= 0.6 is 15.9 Å². The maximum absolute atomic E-state index is 11.1. The number of carbonyl (C=O) groups excluding carboxylic acids is 1. The van der Waals surface area contributed by atoms with Crippen LogP contribution in [0.3, 0.4) is 0 Å². The summed E-state index contributed by atoms with van der Waals surface area (Å²) in [5.74, 6) is 0.847. The van der Waals surface area contributed by atoms with Gasteiger partial charge in [0, 0.05) is 10.5 Å². The highest BCUT2D eigenvalue weighted by molar-refractivity contribution is 9.10. The van der Waals surface area contributed by atoms with Crippen LogP contribution in [0.15, 0.2) is 53.0 Å². The number of rotatable bonds is 6. The summed E-state index contributed by atoms with van der Waals surface area (Å²) >= 11 is 3.40. The molecule has 0 spiro atoms. The minimum atomic E-state index is -0.403. The molecule has 0 unspecified atom stereocenters. The molecule has 5 heteroatoms. The van der Waals surface area contributed by atoms with Crippen molar-refractivity contribution in [2.75, 3.05) is 14.2 Å². The molecule has 0 radical (unpaired) electrons. The maximum Gasteiger partial charge on any atom is 0.330 e. The number of esters is 1. The van der Waals surface area contributed by atoms with Crippen molar-refractivity contribution in [1.29, 1.82) is 0 Å². The second-order valence-corrected chi connectivity index (χ2v) is 5.60. The van der Waals surface area contributed by atoms with Crippen molar-refractivity contribution in [2.24, 2.45) is 0 Å². The number of hydrogen-bond donors (Lipinski definition) is 0. The molecular weight excluding hydrogens is 360 g/mol. The number of hydrogen-bond acceptors (Lipinski definition) is 4. The lowest BCUT2D eigenvalue weighted by Crippen LogP contribution is -1.98. The van der Waals surface area contributed by atoms with E-state index in [0.717, 1.165) is 15.6 Å². The molecule has 0 saturated carbocycles. The largest absolute Gasteiger partial charge is 0.493 e. The smallest absolute Gasteiger partial charge is 0.330 e. The van der Waals surface area contributed by atoms with Gasteiger partial charge in [-0.15, -0.1) is 0 Å². The topological polar surface area (TPSA) is 44.8 Å². The van der Waals surface area contributed by atoms with Crippen LogP contribution in [-0.4, -0.2) is 20.2 Å². The van der Waals surface area contributed by atoms with Crippen LogP contribution < -0.4 is 9.47 Å². The van der Waals surface area contributed by atoms with Gasteiger partial charge in [-0.2, -0.15) is 0 Å². The van der Waals surface area contributed by atoms with E-state index in [4.69, 9.17) is 9.47 Å². The molecule has 0 aliphatic rings. The molecule has 2 aromatic rings. The first-order chi connectivity index (χ1) is 11.1. The summed E-state index contributed by atoms with van der Waals surface area (Å²) in [5.41, 5.74) is 1.88. The highest BCUT2D eigenvalue weighted by Crippen LogP contribution is 2.29. The molecule has 0 N–H and O–H groups in total. The van der Waals surface area contributed by atoms with Crippen molar-refractivity contribution in [3.05, 3.63) is 64.1 Å². The quantitative estimate of drug-likeness (QED) is 0.559. The van der Waals surface area contributed by atoms with Crippen molar-refractivity contribution in [2.45, 2.75) is 6.61 Å². The standard InChI is InChI=1S/C18H17BrO4/c1-21-17-11-13(6-10-18(20)22-2)5-9-16(17)23-12-14-3-7-15(19)8-4-14/h3-11H,12H2,1-2H3. The van der Waals surface area contributed by atoms with E-state index >= 15 is 0 Å². The average Bonchev–Trinajstić information content (AvgIpc) is 2.59. The SMILES string of the molecule is COC(=O)C=Cc1ccc(OCc2ccc(Br)cc2)c(OC)c1. The third-order valence-corrected chi connectivity index (χ3v) is 3.64. The zero-order valence-corrected chi connectivity index (χ0v) is 14.5. The van der Waals surface area contributed by atoms with Gasteiger partial charge in [0.25, 0.3) is 0 Å². The van der Waals surface area contributed by atoms with Crippen LogP contribution in [0.25, 0.3) is 6.08 Å². The first-order valence-corrected chi connectivity index (χ1v) is 7.73. The Balaban J connectivity index is 2.08. The van der Waals surface area contributed by atoms with Crippen LogP contribution in [-0.2, 0) is 16.1 Å². The Morgan fingerprint density at radius 1 is 1.09 bits per heavy atom. The Hall–Kier alpha value is -2.27. The predicted octanol–water partition coefficient (Wildman–Crippen LogP) is 4.22. The predicted molar refractivity (Wildman–Crippen MR) is 92.5 cm³/mol. The minimum Gasteiger partial charge on any atom is -0.493 e. The molecule has 0 fully saturated rings. The molecule has 0 bridgehead atoms. The monoisotopic (exact) mass is 376 g/mol. The van der Waals surface area contributed by atoms with Gasteiger partial charge >= 0.3 is 5.97 Å². The summed E-state index contributed by atoms with van der Waals surface area (Å²) in [6, 6.07) is 13.4. The van der Waals surface area contributed by atoms with Gasteiger partial charge in [0.2, 0.25) is 0 Å². The highest BCUT2D eigenvalue weighted by Gasteiger charge is 2.06. The molecule has 0 atom stereocenters. The molecule has 2 rings (SSSR count). The van der Waals surface area contributed by atoms with E-state index in [-0.39, 0.29) is 0 Å². The zero-order valence-electron chi connectivity index (χ0n) is 12.9. The minimum absolute atomic E-state index is 0.403. The van der Waals surface area contributed by atoms with Gasteiger partial charge < -0.3 is 14.2 Å². The highest BCUT2D eigenvalue weighted by atomic mass is 79.9. The van der Waals surface area contributed by atoms with E-state index in [2.05, 4.69) is 20.7 Å². The summed E-state index contributed by atoms with van der Waals surface area (Å²) in [6.07, 6.45) is 3.02. The molecule has 0 amide bonds. The van der Waals surface area contributed by atoms with E-state index in [0.29, 0.717) is 18.1 Å². The number of carbonyl (C=O) groups is 1. The summed E-state index contributed by atoms with van der Waals surface area (Å²) in [5, 5.41) is 0. The van der Waals surface area contributed by atoms with Gasteiger partial charge in [0.05, 0.1) is 14.2 Å². The molecule has 120 valence electrons. The fourth-order valence-electron chi connectivity index (χ4n) is 1.88. The average molecular weight is 377 g/mol. The van der Waals surface area contributed by atoms with Crippen LogP contribution in [0.2, 0.25) is 0 Å². The van der Waals surface area contributed by atoms with E-state index in [9.17, 15) is 4.79 Å². The molecule has 0 aliphatic heterocycles. The molecule has 0 aromatic heterocycles. The number of methoxy groups -OCH3 is 2. The first kappa shape index (κ1) is 17.1. The second kappa shape index (κ2) is 8.39. The fraction of sp³-hybridized carbons (Fsp3) is 0.167. The Morgan fingerprint density at radius 3 is 2.48 bits per heavy atom. The molecule has 0 saturated heterocycles. The summed E-state index contributed by atoms with van der Waals surface area (Å²) in [7, 11) is 2.92. The lowest BCUT2D eigenvalue weighted by Gasteiger charge is -2.11. The van der Waals surface area contributed by atoms with Crippen LogP contribution in [0.5, 0.6) is 11.5 Å². The van der Waals surface area contributed by atoms with Crippen LogP contribution in [0.4, 0.5) is 0 Å². The Morgan fingerprint density at radius 2 is 1.83 bits per heavy atom. The van der Waals surface area contributed by atoms with Gasteiger partial charge in [-0.05, 0) is 41.5 Å². The van der Waals surface area contributed by atoms with Crippen molar-refractivity contribution in [3.8, 4) is 11.5 Å². The lowest BCUT2D eigenvalue weighted by atomic mass is 10.2. The maximum atomic E-state index is 11.1. The number of ether oxygens (including phenoxy) is 3. The zero-order chi connectivity index (χ0) is 16.7. The lowest BCUT2D eigenvalue weighted by molar-refractivity contribution is -0.134. The summed E-state index contributed by atoms with van der Waals surface area (Å²) < 4.78 is 16.7. The van der Waals surface area contributed by atoms with Crippen molar-refractivity contribution >= 4 is 28.0 Å². The van der Waals surface area contributed by atoms with Crippen molar-refractivity contribution in [3.63, 3.8) is 0 Å². The molecular formula is C18H17BrO4.